The highest BCUT2D eigenvalue weighted by molar-refractivity contribution is 5.91. The number of amides is 1. The van der Waals surface area contributed by atoms with E-state index in [4.69, 9.17) is 9.47 Å². The number of ether oxygens (including phenoxy) is 2. The molecule has 1 aromatic rings. The van der Waals surface area contributed by atoms with Crippen molar-refractivity contribution in [1.29, 1.82) is 0 Å². The first kappa shape index (κ1) is 21.4. The molecule has 5 nitrogen and oxygen atoms in total. The van der Waals surface area contributed by atoms with Crippen molar-refractivity contribution in [2.24, 2.45) is 17.8 Å². The second-order valence-corrected chi connectivity index (χ2v) is 7.13. The lowest BCUT2D eigenvalue weighted by Gasteiger charge is -2.38. The third kappa shape index (κ3) is 6.04. The lowest BCUT2D eigenvalue weighted by molar-refractivity contribution is -0.175. The fourth-order valence-corrected chi connectivity index (χ4v) is 3.40. The van der Waals surface area contributed by atoms with Gasteiger partial charge in [-0.15, -0.1) is 0 Å². The summed E-state index contributed by atoms with van der Waals surface area (Å²) in [5.74, 6) is 0.154. The van der Waals surface area contributed by atoms with E-state index in [9.17, 15) is 14.3 Å². The van der Waals surface area contributed by atoms with Gasteiger partial charge in [0.2, 0.25) is 6.29 Å². The smallest absolute Gasteiger partial charge is 0.286 e. The number of aliphatic hydroxyl groups is 1. The van der Waals surface area contributed by atoms with Gasteiger partial charge in [-0.2, -0.15) is 0 Å². The molecule has 1 heterocycles. The third-order valence-electron chi connectivity index (χ3n) is 4.82. The molecule has 0 bridgehead atoms. The molecule has 0 aromatic heterocycles. The second kappa shape index (κ2) is 10.4. The van der Waals surface area contributed by atoms with Gasteiger partial charge in [-0.1, -0.05) is 26.0 Å². The molecule has 1 amide bonds. The van der Waals surface area contributed by atoms with Gasteiger partial charge in [-0.3, -0.25) is 4.79 Å². The van der Waals surface area contributed by atoms with Gasteiger partial charge in [-0.05, 0) is 55.4 Å². The quantitative estimate of drug-likeness (QED) is 0.690. The number of nitrogens with one attached hydrogen (secondary N) is 1. The minimum atomic E-state index is -0.509. The maximum atomic E-state index is 13.0. The van der Waals surface area contributed by atoms with Crippen molar-refractivity contribution >= 4 is 5.91 Å². The van der Waals surface area contributed by atoms with E-state index < -0.39 is 6.29 Å². The van der Waals surface area contributed by atoms with Crippen molar-refractivity contribution in [3.05, 3.63) is 47.5 Å². The summed E-state index contributed by atoms with van der Waals surface area (Å²) in [6, 6.07) is 6.00. The van der Waals surface area contributed by atoms with Crippen LogP contribution in [0.4, 0.5) is 4.39 Å². The molecule has 150 valence electrons. The van der Waals surface area contributed by atoms with Gasteiger partial charge in [0.25, 0.3) is 5.91 Å². The van der Waals surface area contributed by atoms with E-state index in [-0.39, 0.29) is 35.9 Å². The van der Waals surface area contributed by atoms with Gasteiger partial charge < -0.3 is 19.9 Å². The summed E-state index contributed by atoms with van der Waals surface area (Å²) < 4.78 is 24.6. The van der Waals surface area contributed by atoms with Crippen LogP contribution in [-0.4, -0.2) is 30.5 Å². The predicted molar refractivity (Wildman–Crippen MR) is 101 cm³/mol. The molecule has 1 aromatic carbocycles. The second-order valence-electron chi connectivity index (χ2n) is 7.13. The third-order valence-corrected chi connectivity index (χ3v) is 4.82. The summed E-state index contributed by atoms with van der Waals surface area (Å²) in [6.07, 6.45) is 2.80. The summed E-state index contributed by atoms with van der Waals surface area (Å²) in [7, 11) is 0. The summed E-state index contributed by atoms with van der Waals surface area (Å²) in [6.45, 7) is 7.00. The molecule has 27 heavy (non-hydrogen) atoms. The van der Waals surface area contributed by atoms with Crippen molar-refractivity contribution in [3.8, 4) is 0 Å². The molecule has 2 N–H and O–H groups in total. The van der Waals surface area contributed by atoms with Crippen molar-refractivity contribution < 1.29 is 23.8 Å². The zero-order valence-electron chi connectivity index (χ0n) is 16.3. The monoisotopic (exact) mass is 379 g/mol. The number of carbonyl (C=O) groups excluding carboxylic acids is 1. The Bertz CT molecular complexity index is 630. The van der Waals surface area contributed by atoms with Gasteiger partial charge in [0.05, 0.1) is 0 Å². The Morgan fingerprint density at radius 1 is 1.33 bits per heavy atom. The van der Waals surface area contributed by atoms with Crippen LogP contribution >= 0.6 is 0 Å². The van der Waals surface area contributed by atoms with Crippen molar-refractivity contribution in [2.45, 2.75) is 46.4 Å². The number of carbonyl (C=O) groups is 1. The fraction of sp³-hybridized carbons (Fsp3) is 0.571. The normalized spacial score (nSPS) is 22.3. The minimum absolute atomic E-state index is 0.0887. The molecule has 1 aliphatic rings. The highest BCUT2D eigenvalue weighted by atomic mass is 19.1. The maximum Gasteiger partial charge on any atom is 0.286 e. The first-order chi connectivity index (χ1) is 13.0. The molecule has 1 aliphatic heterocycles. The van der Waals surface area contributed by atoms with Gasteiger partial charge in [0.15, 0.2) is 5.76 Å². The molecule has 0 saturated heterocycles. The number of hydrogen-bond acceptors (Lipinski definition) is 4. The standard InChI is InChI=1S/C21H30FNO4/c1-4-26-21-17(6-5-11-24)18(14(2)3)12-19(27-21)20(25)23-13-15-7-9-16(22)10-8-15/h7-10,12,14,17-18,21,24H,4-6,11,13H2,1-3H3,(H,23,25)/t17-,18+,21+/m0/s1. The van der Waals surface area contributed by atoms with E-state index in [1.807, 2.05) is 13.0 Å². The maximum absolute atomic E-state index is 13.0. The van der Waals surface area contributed by atoms with E-state index in [0.29, 0.717) is 25.5 Å². The summed E-state index contributed by atoms with van der Waals surface area (Å²) in [5.41, 5.74) is 0.809. The van der Waals surface area contributed by atoms with Gasteiger partial charge >= 0.3 is 0 Å². The number of aliphatic hydroxyl groups excluding tert-OH is 1. The van der Waals surface area contributed by atoms with Crippen LogP contribution in [0, 0.1) is 23.6 Å². The first-order valence-corrected chi connectivity index (χ1v) is 9.59. The highest BCUT2D eigenvalue weighted by Gasteiger charge is 2.38. The van der Waals surface area contributed by atoms with Crippen LogP contribution < -0.4 is 5.32 Å². The number of allylic oxidation sites excluding steroid dienone is 1. The molecule has 0 spiro atoms. The molecule has 0 saturated carbocycles. The van der Waals surface area contributed by atoms with E-state index >= 15 is 0 Å². The Morgan fingerprint density at radius 3 is 2.63 bits per heavy atom. The van der Waals surface area contributed by atoms with Gasteiger partial charge in [0.1, 0.15) is 5.82 Å². The Labute approximate surface area is 160 Å². The zero-order chi connectivity index (χ0) is 19.8. The van der Waals surface area contributed by atoms with E-state index in [1.54, 1.807) is 12.1 Å². The molecular weight excluding hydrogens is 349 g/mol. The predicted octanol–water partition coefficient (Wildman–Crippen LogP) is 3.38. The Hall–Kier alpha value is -1.92. The topological polar surface area (TPSA) is 67.8 Å². The van der Waals surface area contributed by atoms with E-state index in [0.717, 1.165) is 12.0 Å². The number of halogens is 1. The number of hydrogen-bond donors (Lipinski definition) is 2. The molecule has 6 heteroatoms. The van der Waals surface area contributed by atoms with Crippen LogP contribution in [0.2, 0.25) is 0 Å². The zero-order valence-corrected chi connectivity index (χ0v) is 16.3. The largest absolute Gasteiger partial charge is 0.459 e. The summed E-state index contributed by atoms with van der Waals surface area (Å²) in [5, 5.41) is 12.0. The summed E-state index contributed by atoms with van der Waals surface area (Å²) in [4.78, 5) is 12.6. The Kier molecular flexibility index (Phi) is 8.25. The number of rotatable bonds is 9. The first-order valence-electron chi connectivity index (χ1n) is 9.59. The lowest BCUT2D eigenvalue weighted by Crippen LogP contribution is -2.41. The van der Waals surface area contributed by atoms with E-state index in [1.165, 1.54) is 12.1 Å². The van der Waals surface area contributed by atoms with Crippen LogP contribution in [0.5, 0.6) is 0 Å². The van der Waals surface area contributed by atoms with E-state index in [2.05, 4.69) is 19.2 Å². The van der Waals surface area contributed by atoms with Crippen molar-refractivity contribution in [3.63, 3.8) is 0 Å². The van der Waals surface area contributed by atoms with Crippen LogP contribution in [0.25, 0.3) is 0 Å². The SMILES string of the molecule is CCO[C@@H]1OC(C(=O)NCc2ccc(F)cc2)=C[C@H](C(C)C)[C@@H]1CCCO. The molecule has 0 unspecified atom stereocenters. The molecule has 2 rings (SSSR count). The van der Waals surface area contributed by atoms with Crippen molar-refractivity contribution in [1.82, 2.24) is 5.32 Å². The average Bonchev–Trinajstić information content (AvgIpc) is 2.65. The van der Waals surface area contributed by atoms with Crippen LogP contribution in [-0.2, 0) is 20.8 Å². The van der Waals surface area contributed by atoms with Crippen molar-refractivity contribution in [2.75, 3.05) is 13.2 Å². The van der Waals surface area contributed by atoms with Crippen LogP contribution in [0.15, 0.2) is 36.1 Å². The molecular formula is C21H30FNO4. The molecule has 0 radical (unpaired) electrons. The number of benzene rings is 1. The van der Waals surface area contributed by atoms with Gasteiger partial charge in [0, 0.05) is 25.7 Å². The van der Waals surface area contributed by atoms with Crippen LogP contribution in [0.1, 0.15) is 39.2 Å². The minimum Gasteiger partial charge on any atom is -0.459 e. The molecule has 0 aliphatic carbocycles. The summed E-state index contributed by atoms with van der Waals surface area (Å²) >= 11 is 0. The average molecular weight is 379 g/mol. The highest BCUT2D eigenvalue weighted by Crippen LogP contribution is 2.37. The Balaban J connectivity index is 2.10. The Morgan fingerprint density at radius 2 is 2.04 bits per heavy atom. The van der Waals surface area contributed by atoms with Gasteiger partial charge in [-0.25, -0.2) is 4.39 Å². The molecule has 3 atom stereocenters. The molecule has 0 fully saturated rings. The van der Waals surface area contributed by atoms with Crippen LogP contribution in [0.3, 0.4) is 0 Å². The fourth-order valence-electron chi connectivity index (χ4n) is 3.40. The lowest BCUT2D eigenvalue weighted by atomic mass is 9.78.